The van der Waals surface area contributed by atoms with Gasteiger partial charge in [0.2, 0.25) is 0 Å². The minimum atomic E-state index is -1.00. The van der Waals surface area contributed by atoms with Crippen molar-refractivity contribution in [2.24, 2.45) is 0 Å². The zero-order chi connectivity index (χ0) is 12.3. The minimum absolute atomic E-state index is 0.0918. The van der Waals surface area contributed by atoms with Crippen molar-refractivity contribution in [1.29, 1.82) is 0 Å². The Morgan fingerprint density at radius 2 is 2.12 bits per heavy atom. The van der Waals surface area contributed by atoms with Crippen LogP contribution in [0.25, 0.3) is 0 Å². The average molecular weight is 255 g/mol. The van der Waals surface area contributed by atoms with Crippen molar-refractivity contribution in [2.75, 3.05) is 11.9 Å². The van der Waals surface area contributed by atoms with Crippen LogP contribution < -0.4 is 5.32 Å². The predicted molar refractivity (Wildman–Crippen MR) is 64.1 cm³/mol. The lowest BCUT2D eigenvalue weighted by Crippen LogP contribution is -2.13. The van der Waals surface area contributed by atoms with E-state index in [0.717, 1.165) is 17.8 Å². The largest absolute Gasteiger partial charge is 0.386 e. The van der Waals surface area contributed by atoms with Gasteiger partial charge in [0, 0.05) is 29.2 Å². The van der Waals surface area contributed by atoms with Crippen LogP contribution in [-0.4, -0.2) is 11.7 Å². The summed E-state index contributed by atoms with van der Waals surface area (Å²) >= 11 is 1.52. The number of halogens is 2. The molecule has 5 heteroatoms. The van der Waals surface area contributed by atoms with E-state index in [9.17, 15) is 13.9 Å². The Kier molecular flexibility index (Phi) is 3.71. The number of benzene rings is 1. The summed E-state index contributed by atoms with van der Waals surface area (Å²) < 4.78 is 26.0. The van der Waals surface area contributed by atoms with Gasteiger partial charge in [-0.15, -0.1) is 0 Å². The van der Waals surface area contributed by atoms with Crippen LogP contribution in [0.2, 0.25) is 0 Å². The Bertz CT molecular complexity index is 487. The van der Waals surface area contributed by atoms with E-state index in [1.165, 1.54) is 17.4 Å². The van der Waals surface area contributed by atoms with Crippen LogP contribution >= 0.6 is 11.3 Å². The Morgan fingerprint density at radius 3 is 2.76 bits per heavy atom. The van der Waals surface area contributed by atoms with Gasteiger partial charge in [-0.05, 0) is 17.5 Å². The summed E-state index contributed by atoms with van der Waals surface area (Å²) in [5.74, 6) is -1.38. The Hall–Kier alpha value is -1.46. The molecule has 0 saturated heterocycles. The molecular formula is C12H11F2NOS. The number of rotatable bonds is 4. The first-order valence-electron chi connectivity index (χ1n) is 5.06. The molecule has 1 atom stereocenters. The molecule has 0 saturated carbocycles. The van der Waals surface area contributed by atoms with Crippen LogP contribution in [0.3, 0.4) is 0 Å². The second kappa shape index (κ2) is 5.25. The van der Waals surface area contributed by atoms with E-state index in [2.05, 4.69) is 5.32 Å². The molecule has 0 radical (unpaired) electrons. The average Bonchev–Trinajstić information content (AvgIpc) is 2.78. The highest BCUT2D eigenvalue weighted by Gasteiger charge is 2.13. The molecule has 2 rings (SSSR count). The summed E-state index contributed by atoms with van der Waals surface area (Å²) in [7, 11) is 0. The normalized spacial score (nSPS) is 12.4. The number of anilines is 1. The summed E-state index contributed by atoms with van der Waals surface area (Å²) in [5, 5.41) is 16.5. The summed E-state index contributed by atoms with van der Waals surface area (Å²) in [6.45, 7) is 0.180. The molecule has 0 aliphatic rings. The van der Waals surface area contributed by atoms with Crippen LogP contribution in [0, 0.1) is 11.6 Å². The van der Waals surface area contributed by atoms with E-state index in [0.29, 0.717) is 0 Å². The number of aliphatic hydroxyl groups is 1. The quantitative estimate of drug-likeness (QED) is 0.879. The summed E-state index contributed by atoms with van der Waals surface area (Å²) in [6, 6.07) is 5.01. The van der Waals surface area contributed by atoms with Gasteiger partial charge in [0.05, 0.1) is 6.10 Å². The van der Waals surface area contributed by atoms with Crippen molar-refractivity contribution in [3.8, 4) is 0 Å². The SMILES string of the molecule is OC(CNc1ccsc1)c1ccc(F)cc1F. The molecule has 0 amide bonds. The molecule has 0 bridgehead atoms. The van der Waals surface area contributed by atoms with Gasteiger partial charge in [-0.2, -0.15) is 11.3 Å². The maximum atomic E-state index is 13.3. The molecule has 1 aromatic carbocycles. The lowest BCUT2D eigenvalue weighted by molar-refractivity contribution is 0.186. The molecule has 1 unspecified atom stereocenters. The van der Waals surface area contributed by atoms with Crippen LogP contribution in [0.4, 0.5) is 14.5 Å². The van der Waals surface area contributed by atoms with Crippen LogP contribution in [0.1, 0.15) is 11.7 Å². The zero-order valence-corrected chi connectivity index (χ0v) is 9.68. The van der Waals surface area contributed by atoms with Crippen LogP contribution in [0.5, 0.6) is 0 Å². The van der Waals surface area contributed by atoms with E-state index in [1.807, 2.05) is 16.8 Å². The maximum absolute atomic E-state index is 13.3. The first kappa shape index (κ1) is 12.0. The topological polar surface area (TPSA) is 32.3 Å². The van der Waals surface area contributed by atoms with Crippen LogP contribution in [-0.2, 0) is 0 Å². The summed E-state index contributed by atoms with van der Waals surface area (Å²) in [5.41, 5.74) is 0.964. The fourth-order valence-corrected chi connectivity index (χ4v) is 2.07. The molecule has 0 fully saturated rings. The van der Waals surface area contributed by atoms with E-state index in [4.69, 9.17) is 0 Å². The molecule has 2 aromatic rings. The second-order valence-corrected chi connectivity index (χ2v) is 4.35. The number of thiophene rings is 1. The molecule has 17 heavy (non-hydrogen) atoms. The fraction of sp³-hybridized carbons (Fsp3) is 0.167. The van der Waals surface area contributed by atoms with Crippen molar-refractivity contribution in [1.82, 2.24) is 0 Å². The lowest BCUT2D eigenvalue weighted by atomic mass is 10.1. The molecule has 90 valence electrons. The molecule has 0 aliphatic carbocycles. The smallest absolute Gasteiger partial charge is 0.131 e. The first-order valence-corrected chi connectivity index (χ1v) is 6.00. The van der Waals surface area contributed by atoms with Gasteiger partial charge in [0.25, 0.3) is 0 Å². The van der Waals surface area contributed by atoms with Gasteiger partial charge in [0.1, 0.15) is 11.6 Å². The Balaban J connectivity index is 2.01. The van der Waals surface area contributed by atoms with E-state index in [1.54, 1.807) is 0 Å². The molecule has 0 aliphatic heterocycles. The highest BCUT2D eigenvalue weighted by Crippen LogP contribution is 2.19. The number of nitrogens with one attached hydrogen (secondary N) is 1. The van der Waals surface area contributed by atoms with Gasteiger partial charge in [0.15, 0.2) is 0 Å². The third kappa shape index (κ3) is 3.01. The standard InChI is InChI=1S/C12H11F2NOS/c13-8-1-2-10(11(14)5-8)12(16)6-15-9-3-4-17-7-9/h1-5,7,12,15-16H,6H2. The Morgan fingerprint density at radius 1 is 1.29 bits per heavy atom. The lowest BCUT2D eigenvalue weighted by Gasteiger charge is -2.13. The fourth-order valence-electron chi connectivity index (χ4n) is 1.46. The third-order valence-corrected chi connectivity index (χ3v) is 3.03. The van der Waals surface area contributed by atoms with Gasteiger partial charge in [-0.3, -0.25) is 0 Å². The predicted octanol–water partition coefficient (Wildman–Crippen LogP) is 3.17. The molecular weight excluding hydrogens is 244 g/mol. The first-order chi connectivity index (χ1) is 8.16. The van der Waals surface area contributed by atoms with Crippen molar-refractivity contribution < 1.29 is 13.9 Å². The highest BCUT2D eigenvalue weighted by molar-refractivity contribution is 7.08. The van der Waals surface area contributed by atoms with E-state index in [-0.39, 0.29) is 12.1 Å². The van der Waals surface area contributed by atoms with Gasteiger partial charge in [-0.1, -0.05) is 6.07 Å². The molecule has 2 nitrogen and oxygen atoms in total. The van der Waals surface area contributed by atoms with Crippen molar-refractivity contribution in [3.05, 3.63) is 52.2 Å². The monoisotopic (exact) mass is 255 g/mol. The van der Waals surface area contributed by atoms with Crippen molar-refractivity contribution in [3.63, 3.8) is 0 Å². The highest BCUT2D eigenvalue weighted by atomic mass is 32.1. The molecule has 1 heterocycles. The summed E-state index contributed by atoms with van der Waals surface area (Å²) in [6.07, 6.45) is -1.00. The molecule has 1 aromatic heterocycles. The van der Waals surface area contributed by atoms with Gasteiger partial charge < -0.3 is 10.4 Å². The molecule has 0 spiro atoms. The minimum Gasteiger partial charge on any atom is -0.386 e. The molecule has 2 N–H and O–H groups in total. The maximum Gasteiger partial charge on any atom is 0.131 e. The third-order valence-electron chi connectivity index (χ3n) is 2.34. The second-order valence-electron chi connectivity index (χ2n) is 3.57. The number of hydrogen-bond donors (Lipinski definition) is 2. The summed E-state index contributed by atoms with van der Waals surface area (Å²) in [4.78, 5) is 0. The van der Waals surface area contributed by atoms with Crippen LogP contribution in [0.15, 0.2) is 35.0 Å². The Labute approximate surface area is 102 Å². The zero-order valence-electron chi connectivity index (χ0n) is 8.86. The van der Waals surface area contributed by atoms with Gasteiger partial charge >= 0.3 is 0 Å². The van der Waals surface area contributed by atoms with Crippen molar-refractivity contribution in [2.45, 2.75) is 6.10 Å². The number of hydrogen-bond acceptors (Lipinski definition) is 3. The number of aliphatic hydroxyl groups excluding tert-OH is 1. The van der Waals surface area contributed by atoms with Crippen molar-refractivity contribution >= 4 is 17.0 Å². The van der Waals surface area contributed by atoms with E-state index >= 15 is 0 Å². The van der Waals surface area contributed by atoms with E-state index < -0.39 is 17.7 Å². The van der Waals surface area contributed by atoms with Gasteiger partial charge in [-0.25, -0.2) is 8.78 Å².